The highest BCUT2D eigenvalue weighted by Crippen LogP contribution is 2.84. The summed E-state index contributed by atoms with van der Waals surface area (Å²) in [6.45, 7) is 2.51. The summed E-state index contributed by atoms with van der Waals surface area (Å²) in [4.78, 5) is 1.53. The van der Waals surface area contributed by atoms with Crippen LogP contribution in [0.4, 0.5) is 0 Å². The molecule has 29 aromatic rings. The number of hydrogen-bond acceptors (Lipinski definition) is 1. The molecule has 28 aromatic carbocycles. The van der Waals surface area contributed by atoms with Crippen LogP contribution in [0.2, 0.25) is 0 Å². The molecule has 4 aliphatic carbocycles. The monoisotopic (exact) mass is 818 g/mol. The van der Waals surface area contributed by atoms with Gasteiger partial charge >= 0.3 is 0 Å². The van der Waals surface area contributed by atoms with Crippen LogP contribution in [0.1, 0.15) is 38.6 Å². The average molecular weight is 819 g/mol. The van der Waals surface area contributed by atoms with Crippen molar-refractivity contribution in [2.45, 2.75) is 18.3 Å². The third kappa shape index (κ3) is 1.22. The normalized spacial score (nSPS) is 21.3. The van der Waals surface area contributed by atoms with Crippen molar-refractivity contribution in [2.24, 2.45) is 0 Å². The summed E-state index contributed by atoms with van der Waals surface area (Å²) in [6, 6.07) is 2.66. The third-order valence-electron chi connectivity index (χ3n) is 24.4. The Morgan fingerprint density at radius 3 is 0.652 bits per heavy atom. The first kappa shape index (κ1) is 23.9. The first-order chi connectivity index (χ1) is 32.9. The van der Waals surface area contributed by atoms with E-state index in [0.717, 1.165) is 0 Å². The molecule has 0 aliphatic heterocycles. The van der Waals surface area contributed by atoms with Gasteiger partial charge in [0.1, 0.15) is 0 Å². The Labute approximate surface area is 362 Å². The molecule has 66 heavy (non-hydrogen) atoms. The molecule has 0 saturated carbocycles. The molecule has 4 aliphatic rings. The number of thiophene rings is 1. The minimum Gasteiger partial charge on any atom is -0.149 e. The van der Waals surface area contributed by atoms with Crippen LogP contribution in [-0.4, -0.2) is 0 Å². The number of hydrogen-bond donors (Lipinski definition) is 0. The first-order valence-electron chi connectivity index (χ1n) is 24.7. The maximum absolute atomic E-state index is 2.66. The number of aryl methyl sites for hydroxylation is 1. The second-order valence-electron chi connectivity index (χ2n) is 24.5. The molecular weight excluding hydrogens is 813 g/mol. The molecule has 0 N–H and O–H groups in total. The van der Waals surface area contributed by atoms with Gasteiger partial charge in [0.2, 0.25) is 0 Å². The molecule has 0 bridgehead atoms. The average Bonchev–Trinajstić information content (AvgIpc) is 4.14. The molecule has 1 heterocycles. The van der Waals surface area contributed by atoms with Gasteiger partial charge in [-0.1, -0.05) is 0 Å². The van der Waals surface area contributed by atoms with Gasteiger partial charge in [-0.25, -0.2) is 0 Å². The molecule has 0 saturated heterocycles. The first-order valence-corrected chi connectivity index (χ1v) is 25.6. The Morgan fingerprint density at radius 1 is 0.258 bits per heavy atom. The number of benzene rings is 18. The Bertz CT molecular complexity index is 6990. The largest absolute Gasteiger partial charge is 0.149 e. The van der Waals surface area contributed by atoms with E-state index in [9.17, 15) is 0 Å². The molecule has 0 radical (unpaired) electrons. The predicted molar refractivity (Wildman–Crippen MR) is 283 cm³/mol. The fraction of sp³-hybridized carbons (Fsp3) is 0.0462. The lowest BCUT2D eigenvalue weighted by atomic mass is 9.55. The third-order valence-corrected chi connectivity index (χ3v) is 25.3. The van der Waals surface area contributed by atoms with Gasteiger partial charge in [-0.2, -0.15) is 0 Å². The molecule has 33 rings (SSSR count). The molecule has 0 fully saturated rings. The minimum absolute atomic E-state index is 0.268. The summed E-state index contributed by atoms with van der Waals surface area (Å²) in [5, 5.41) is 93.0. The molecular formula is C65H6S. The molecule has 1 aromatic heterocycles. The van der Waals surface area contributed by atoms with Crippen LogP contribution in [0, 0.1) is 6.92 Å². The topological polar surface area (TPSA) is 0 Å². The molecule has 0 atom stereocenters. The molecule has 0 spiro atoms. The van der Waals surface area contributed by atoms with Crippen LogP contribution in [0.25, 0.3) is 291 Å². The summed E-state index contributed by atoms with van der Waals surface area (Å²) >= 11 is 2.02. The SMILES string of the molecule is Cc1sccc1C12c3c4c5c6c7c8c(c9c%10c1c1c3c3c%11c4c4c5c5c7c7c%12c8c8c9c9c%10c%10c1c1c3c3c%11c%11c4c4c5c7c5c7c%12c8c8c9c9c%10c1c1c3c3c%11c4c5c4c7c8c9c1c34)C62. The smallest absolute Gasteiger partial charge is 0.0597 e. The summed E-state index contributed by atoms with van der Waals surface area (Å²) in [5.41, 5.74) is 8.39. The van der Waals surface area contributed by atoms with E-state index in [1.165, 1.54) is 4.88 Å². The molecule has 0 amide bonds. The Morgan fingerprint density at radius 2 is 0.439 bits per heavy atom. The maximum atomic E-state index is 2.66. The zero-order valence-corrected chi connectivity index (χ0v) is 34.5. The minimum atomic E-state index is -0.268. The van der Waals surface area contributed by atoms with Crippen molar-refractivity contribution in [1.82, 2.24) is 0 Å². The lowest BCUT2D eigenvalue weighted by Crippen LogP contribution is -2.38. The van der Waals surface area contributed by atoms with Gasteiger partial charge in [0.25, 0.3) is 0 Å². The van der Waals surface area contributed by atoms with Crippen molar-refractivity contribution in [3.05, 3.63) is 44.1 Å². The van der Waals surface area contributed by atoms with Crippen molar-refractivity contribution in [3.8, 4) is 0 Å². The maximum Gasteiger partial charge on any atom is 0.0597 e. The summed E-state index contributed by atoms with van der Waals surface area (Å²) in [7, 11) is 0. The van der Waals surface area contributed by atoms with Crippen LogP contribution in [0.15, 0.2) is 11.4 Å². The molecule has 0 unspecified atom stereocenters. The zero-order valence-electron chi connectivity index (χ0n) is 33.6. The highest BCUT2D eigenvalue weighted by molar-refractivity contribution is 7.10. The Hall–Kier alpha value is -7.84. The van der Waals surface area contributed by atoms with Crippen LogP contribution < -0.4 is 0 Å². The quantitative estimate of drug-likeness (QED) is 0.145. The molecule has 0 nitrogen and oxygen atoms in total. The predicted octanol–water partition coefficient (Wildman–Crippen LogP) is 18.6. The van der Waals surface area contributed by atoms with E-state index in [1.54, 1.807) is 319 Å². The number of rotatable bonds is 1. The van der Waals surface area contributed by atoms with Crippen LogP contribution >= 0.6 is 11.3 Å². The van der Waals surface area contributed by atoms with E-state index >= 15 is 0 Å². The van der Waals surface area contributed by atoms with Crippen molar-refractivity contribution in [2.75, 3.05) is 0 Å². The molecule has 1 heteroatoms. The van der Waals surface area contributed by atoms with Crippen LogP contribution in [0.3, 0.4) is 0 Å². The van der Waals surface area contributed by atoms with Gasteiger partial charge < -0.3 is 0 Å². The van der Waals surface area contributed by atoms with Crippen LogP contribution in [-0.2, 0) is 5.41 Å². The van der Waals surface area contributed by atoms with Gasteiger partial charge in [-0.3, -0.25) is 0 Å². The highest BCUT2D eigenvalue weighted by Gasteiger charge is 2.64. The van der Waals surface area contributed by atoms with E-state index in [2.05, 4.69) is 18.4 Å². The van der Waals surface area contributed by atoms with Gasteiger partial charge in [0.15, 0.2) is 0 Å². The van der Waals surface area contributed by atoms with Crippen molar-refractivity contribution in [3.63, 3.8) is 0 Å². The van der Waals surface area contributed by atoms with Crippen molar-refractivity contribution < 1.29 is 0 Å². The summed E-state index contributed by atoms with van der Waals surface area (Å²) in [5.74, 6) is 0.274. The van der Waals surface area contributed by atoms with E-state index in [-0.39, 0.29) is 11.3 Å². The van der Waals surface area contributed by atoms with Gasteiger partial charge in [0, 0.05) is 10.8 Å². The van der Waals surface area contributed by atoms with Gasteiger partial charge in [-0.05, 0) is 337 Å². The summed E-state index contributed by atoms with van der Waals surface area (Å²) < 4.78 is 0. The molecule has 272 valence electrons. The fourth-order valence-corrected chi connectivity index (χ4v) is 25.2. The van der Waals surface area contributed by atoms with E-state index < -0.39 is 0 Å². The van der Waals surface area contributed by atoms with Gasteiger partial charge in [0.05, 0.1) is 5.41 Å². The van der Waals surface area contributed by atoms with Crippen molar-refractivity contribution in [1.29, 1.82) is 0 Å². The second-order valence-corrected chi connectivity index (χ2v) is 25.6. The highest BCUT2D eigenvalue weighted by atomic mass is 32.1. The summed E-state index contributed by atoms with van der Waals surface area (Å²) in [6.07, 6.45) is 0. The van der Waals surface area contributed by atoms with Crippen LogP contribution in [0.5, 0.6) is 0 Å². The Kier molecular flexibility index (Phi) is 1.93. The zero-order chi connectivity index (χ0) is 38.8. The van der Waals surface area contributed by atoms with E-state index in [4.69, 9.17) is 0 Å². The standard InChI is InChI=1S/C65H6S/c1-4-5(2-3-66-4)65-62-58-52-38-30-22-10-7-6-8-11(10)23-25-21-15(8)17-13-9(6)12-16-14(7)20-24(22)36(38)44-42-28(20)26(16)34-32-18(12)19(13)33-35-27(17)29(21)43-45-37(25)39(31(23)30)53(52)59(62)55(45)57-49(43)47(35)51-41(33)40(32)50-46(34)48(42)56(54(44)58)63(65)60(50)61(51)64(57)65/h2-3,62H,1H3. The van der Waals surface area contributed by atoms with Gasteiger partial charge in [-0.15, -0.1) is 11.3 Å². The van der Waals surface area contributed by atoms with E-state index in [1.807, 2.05) is 11.3 Å². The second kappa shape index (κ2) is 5.32. The lowest BCUT2D eigenvalue weighted by molar-refractivity contribution is 0.566. The fourth-order valence-electron chi connectivity index (χ4n) is 24.4. The Balaban J connectivity index is 1.26. The van der Waals surface area contributed by atoms with E-state index in [0.29, 0.717) is 0 Å². The lowest BCUT2D eigenvalue weighted by Gasteiger charge is -2.45. The van der Waals surface area contributed by atoms with Crippen molar-refractivity contribution >= 4 is 302 Å².